The van der Waals surface area contributed by atoms with Crippen molar-refractivity contribution in [1.29, 1.82) is 0 Å². The van der Waals surface area contributed by atoms with Crippen LogP contribution < -0.4 is 5.73 Å². The largest absolute Gasteiger partial charge is 0.481 e. The van der Waals surface area contributed by atoms with Gasteiger partial charge in [-0.3, -0.25) is 4.79 Å². The van der Waals surface area contributed by atoms with Crippen molar-refractivity contribution in [3.05, 3.63) is 0 Å². The van der Waals surface area contributed by atoms with E-state index in [0.717, 1.165) is 24.7 Å². The quantitative estimate of drug-likeness (QED) is 0.722. The molecule has 0 saturated heterocycles. The first-order valence-electron chi connectivity index (χ1n) is 5.57. The zero-order chi connectivity index (χ0) is 10.2. The Labute approximate surface area is 84.7 Å². The zero-order valence-corrected chi connectivity index (χ0v) is 8.54. The minimum atomic E-state index is -0.687. The van der Waals surface area contributed by atoms with E-state index in [0.29, 0.717) is 6.54 Å². The molecule has 3 nitrogen and oxygen atoms in total. The van der Waals surface area contributed by atoms with Gasteiger partial charge in [0.2, 0.25) is 0 Å². The number of hydrogen-bond acceptors (Lipinski definition) is 2. The van der Waals surface area contributed by atoms with E-state index in [4.69, 9.17) is 10.8 Å². The van der Waals surface area contributed by atoms with Gasteiger partial charge in [0.1, 0.15) is 0 Å². The molecule has 0 heterocycles. The second-order valence-electron chi connectivity index (χ2n) is 5.11. The number of aliphatic carboxylic acids is 1. The summed E-state index contributed by atoms with van der Waals surface area (Å²) in [4.78, 5) is 10.8. The molecule has 2 rings (SSSR count). The molecule has 2 fully saturated rings. The van der Waals surface area contributed by atoms with Gasteiger partial charge < -0.3 is 10.8 Å². The monoisotopic (exact) mass is 197 g/mol. The molecule has 0 aromatic rings. The van der Waals surface area contributed by atoms with Crippen molar-refractivity contribution < 1.29 is 9.90 Å². The van der Waals surface area contributed by atoms with Crippen LogP contribution in [0.4, 0.5) is 0 Å². The number of carboxylic acid groups (broad SMARTS) is 1. The molecule has 2 saturated carbocycles. The third kappa shape index (κ3) is 1.65. The Morgan fingerprint density at radius 2 is 2.07 bits per heavy atom. The number of fused-ring (bicyclic) bond motifs is 1. The van der Waals surface area contributed by atoms with Crippen LogP contribution in [0.15, 0.2) is 0 Å². The summed E-state index contributed by atoms with van der Waals surface area (Å²) in [7, 11) is 0. The van der Waals surface area contributed by atoms with Gasteiger partial charge in [-0.05, 0) is 55.9 Å². The smallest absolute Gasteiger partial charge is 0.303 e. The summed E-state index contributed by atoms with van der Waals surface area (Å²) in [6.07, 6.45) is 6.21. The highest BCUT2D eigenvalue weighted by atomic mass is 16.4. The molecule has 1 unspecified atom stereocenters. The fraction of sp³-hybridized carbons (Fsp3) is 0.909. The Morgan fingerprint density at radius 3 is 2.50 bits per heavy atom. The zero-order valence-electron chi connectivity index (χ0n) is 8.54. The van der Waals surface area contributed by atoms with E-state index in [9.17, 15) is 4.79 Å². The molecule has 0 aliphatic heterocycles. The molecule has 3 atom stereocenters. The summed E-state index contributed by atoms with van der Waals surface area (Å²) in [5.74, 6) is 0.989. The SMILES string of the molecule is NC[C@@]1(CC(=O)O)CC[C@H]2CCC2C1. The van der Waals surface area contributed by atoms with Crippen LogP contribution >= 0.6 is 0 Å². The Hall–Kier alpha value is -0.570. The third-order valence-electron chi connectivity index (χ3n) is 4.27. The number of nitrogens with two attached hydrogens (primary N) is 1. The summed E-state index contributed by atoms with van der Waals surface area (Å²) < 4.78 is 0. The molecule has 0 radical (unpaired) electrons. The van der Waals surface area contributed by atoms with Crippen LogP contribution in [0.5, 0.6) is 0 Å². The standard InChI is InChI=1S/C11H19NO2/c12-7-11(6-10(13)14)4-3-8-1-2-9(8)5-11/h8-9H,1-7,12H2,(H,13,14)/t8-,9?,11+/m1/s1. The Morgan fingerprint density at radius 1 is 1.36 bits per heavy atom. The highest BCUT2D eigenvalue weighted by Crippen LogP contribution is 2.52. The van der Waals surface area contributed by atoms with Crippen LogP contribution in [0.2, 0.25) is 0 Å². The molecule has 0 aromatic heterocycles. The van der Waals surface area contributed by atoms with Crippen molar-refractivity contribution in [2.75, 3.05) is 6.54 Å². The van der Waals surface area contributed by atoms with Gasteiger partial charge in [0.15, 0.2) is 0 Å². The number of carboxylic acids is 1. The average Bonchev–Trinajstić information content (AvgIpc) is 2.09. The van der Waals surface area contributed by atoms with Gasteiger partial charge >= 0.3 is 5.97 Å². The highest BCUT2D eigenvalue weighted by molar-refractivity contribution is 5.67. The molecular formula is C11H19NO2. The maximum Gasteiger partial charge on any atom is 0.303 e. The highest BCUT2D eigenvalue weighted by Gasteiger charge is 2.44. The van der Waals surface area contributed by atoms with Crippen molar-refractivity contribution in [2.45, 2.75) is 38.5 Å². The minimum absolute atomic E-state index is 0.0760. The van der Waals surface area contributed by atoms with E-state index in [1.54, 1.807) is 0 Å². The van der Waals surface area contributed by atoms with Gasteiger partial charge in [0.25, 0.3) is 0 Å². The molecule has 14 heavy (non-hydrogen) atoms. The predicted octanol–water partition coefficient (Wildman–Crippen LogP) is 1.62. The second kappa shape index (κ2) is 3.54. The topological polar surface area (TPSA) is 63.3 Å². The summed E-state index contributed by atoms with van der Waals surface area (Å²) >= 11 is 0. The lowest BCUT2D eigenvalue weighted by Gasteiger charge is -2.49. The number of rotatable bonds is 3. The van der Waals surface area contributed by atoms with E-state index in [-0.39, 0.29) is 11.8 Å². The lowest BCUT2D eigenvalue weighted by atomic mass is 9.56. The summed E-state index contributed by atoms with van der Waals surface area (Å²) in [5.41, 5.74) is 5.68. The van der Waals surface area contributed by atoms with Crippen LogP contribution in [0, 0.1) is 17.3 Å². The number of hydrogen-bond donors (Lipinski definition) is 2. The van der Waals surface area contributed by atoms with Crippen molar-refractivity contribution >= 4 is 5.97 Å². The number of carbonyl (C=O) groups is 1. The Kier molecular flexibility index (Phi) is 2.52. The maximum absolute atomic E-state index is 10.8. The van der Waals surface area contributed by atoms with E-state index < -0.39 is 5.97 Å². The van der Waals surface area contributed by atoms with Gasteiger partial charge in [-0.2, -0.15) is 0 Å². The summed E-state index contributed by atoms with van der Waals surface area (Å²) in [6, 6.07) is 0. The first-order valence-corrected chi connectivity index (χ1v) is 5.57. The molecule has 0 bridgehead atoms. The second-order valence-corrected chi connectivity index (χ2v) is 5.11. The van der Waals surface area contributed by atoms with E-state index in [1.807, 2.05) is 0 Å². The van der Waals surface area contributed by atoms with Gasteiger partial charge in [0.05, 0.1) is 6.42 Å². The lowest BCUT2D eigenvalue weighted by molar-refractivity contribution is -0.141. The van der Waals surface area contributed by atoms with Crippen molar-refractivity contribution in [3.8, 4) is 0 Å². The van der Waals surface area contributed by atoms with Crippen LogP contribution in [0.25, 0.3) is 0 Å². The molecule has 2 aliphatic rings. The van der Waals surface area contributed by atoms with Gasteiger partial charge in [0, 0.05) is 0 Å². The summed E-state index contributed by atoms with van der Waals surface area (Å²) in [5, 5.41) is 8.88. The van der Waals surface area contributed by atoms with Gasteiger partial charge in [-0.1, -0.05) is 0 Å². The first kappa shape index (κ1) is 9.97. The molecule has 0 amide bonds. The van der Waals surface area contributed by atoms with Crippen molar-refractivity contribution in [2.24, 2.45) is 23.0 Å². The molecular weight excluding hydrogens is 178 g/mol. The van der Waals surface area contributed by atoms with Crippen molar-refractivity contribution in [3.63, 3.8) is 0 Å². The summed E-state index contributed by atoms with van der Waals surface area (Å²) in [6.45, 7) is 0.544. The molecule has 0 spiro atoms. The van der Waals surface area contributed by atoms with Crippen LogP contribution in [0.1, 0.15) is 38.5 Å². The normalized spacial score (nSPS) is 41.2. The lowest BCUT2D eigenvalue weighted by Crippen LogP contribution is -2.44. The van der Waals surface area contributed by atoms with Crippen molar-refractivity contribution in [1.82, 2.24) is 0 Å². The van der Waals surface area contributed by atoms with E-state index in [2.05, 4.69) is 0 Å². The fourth-order valence-electron chi connectivity index (χ4n) is 3.18. The van der Waals surface area contributed by atoms with Gasteiger partial charge in [-0.15, -0.1) is 0 Å². The third-order valence-corrected chi connectivity index (χ3v) is 4.27. The molecule has 0 aromatic carbocycles. The van der Waals surface area contributed by atoms with Gasteiger partial charge in [-0.25, -0.2) is 0 Å². The fourth-order valence-corrected chi connectivity index (χ4v) is 3.18. The molecule has 3 N–H and O–H groups in total. The predicted molar refractivity (Wildman–Crippen MR) is 53.8 cm³/mol. The Bertz CT molecular complexity index is 241. The van der Waals surface area contributed by atoms with Crippen LogP contribution in [-0.2, 0) is 4.79 Å². The first-order chi connectivity index (χ1) is 6.65. The minimum Gasteiger partial charge on any atom is -0.481 e. The average molecular weight is 197 g/mol. The maximum atomic E-state index is 10.8. The van der Waals surface area contributed by atoms with Crippen LogP contribution in [0.3, 0.4) is 0 Å². The van der Waals surface area contributed by atoms with Crippen LogP contribution in [-0.4, -0.2) is 17.6 Å². The van der Waals surface area contributed by atoms with E-state index >= 15 is 0 Å². The molecule has 80 valence electrons. The Balaban J connectivity index is 2.01. The molecule has 2 aliphatic carbocycles. The van der Waals surface area contributed by atoms with E-state index in [1.165, 1.54) is 19.3 Å². The molecule has 3 heteroatoms.